The maximum Gasteiger partial charge on any atom is 0.267 e. The number of rotatable bonds is 4. The Kier molecular flexibility index (Phi) is 4.57. The molecule has 24 heavy (non-hydrogen) atoms. The number of benzene rings is 1. The van der Waals surface area contributed by atoms with Crippen LogP contribution in [0.2, 0.25) is 0 Å². The van der Waals surface area contributed by atoms with Crippen LogP contribution in [0.4, 0.5) is 0 Å². The van der Waals surface area contributed by atoms with Gasteiger partial charge >= 0.3 is 0 Å². The van der Waals surface area contributed by atoms with Crippen LogP contribution in [0.25, 0.3) is 0 Å². The molecule has 1 fully saturated rings. The molecule has 128 valence electrons. The fraction of sp³-hybridized carbons (Fsp3) is 0.444. The number of aromatic nitrogens is 2. The van der Waals surface area contributed by atoms with Gasteiger partial charge in [0.15, 0.2) is 0 Å². The fourth-order valence-electron chi connectivity index (χ4n) is 3.42. The Morgan fingerprint density at radius 2 is 1.88 bits per heavy atom. The molecule has 6 nitrogen and oxygen atoms in total. The third kappa shape index (κ3) is 3.01. The minimum absolute atomic E-state index is 0.0130. The molecule has 0 atom stereocenters. The highest BCUT2D eigenvalue weighted by Crippen LogP contribution is 2.36. The van der Waals surface area contributed by atoms with Gasteiger partial charge < -0.3 is 14.7 Å². The Balaban J connectivity index is 1.68. The van der Waals surface area contributed by atoms with Crippen LogP contribution < -0.4 is 5.56 Å². The Morgan fingerprint density at radius 1 is 1.21 bits per heavy atom. The van der Waals surface area contributed by atoms with Gasteiger partial charge in [0.25, 0.3) is 5.56 Å². The largest absolute Gasteiger partial charge is 0.373 e. The molecule has 0 aliphatic carbocycles. The second kappa shape index (κ2) is 6.65. The van der Waals surface area contributed by atoms with Crippen molar-refractivity contribution in [1.29, 1.82) is 0 Å². The predicted octanol–water partition coefficient (Wildman–Crippen LogP) is 1.72. The number of methoxy groups -OCH3 is 1. The first-order valence-electron chi connectivity index (χ1n) is 8.20. The van der Waals surface area contributed by atoms with E-state index in [4.69, 9.17) is 4.74 Å². The number of nitrogens with one attached hydrogen (secondary N) is 2. The van der Waals surface area contributed by atoms with E-state index in [1.807, 2.05) is 23.1 Å². The number of aryl methyl sites for hydroxylation is 1. The molecule has 1 aliphatic rings. The minimum atomic E-state index is -0.334. The molecule has 6 heteroatoms. The molecule has 1 saturated heterocycles. The number of hydrogen-bond donors (Lipinski definition) is 2. The van der Waals surface area contributed by atoms with E-state index in [2.05, 4.69) is 22.3 Å². The van der Waals surface area contributed by atoms with E-state index < -0.39 is 0 Å². The van der Waals surface area contributed by atoms with Crippen LogP contribution in [0.5, 0.6) is 0 Å². The van der Waals surface area contributed by atoms with E-state index in [0.717, 1.165) is 24.1 Å². The van der Waals surface area contributed by atoms with Gasteiger partial charge in [-0.2, -0.15) is 0 Å². The van der Waals surface area contributed by atoms with Gasteiger partial charge in [-0.1, -0.05) is 30.3 Å². The summed E-state index contributed by atoms with van der Waals surface area (Å²) >= 11 is 0. The number of aromatic amines is 2. The van der Waals surface area contributed by atoms with Crippen LogP contribution in [0, 0.1) is 6.92 Å². The average Bonchev–Trinajstić information content (AvgIpc) is 2.94. The summed E-state index contributed by atoms with van der Waals surface area (Å²) in [6.45, 7) is 3.05. The molecule has 1 aromatic heterocycles. The topological polar surface area (TPSA) is 78.2 Å². The number of amides is 1. The molecule has 0 saturated carbocycles. The SMILES string of the molecule is COC1(c2ccccc2)CCN(C(=O)Cc2c(C)[nH][nH]c2=O)CC1. The van der Waals surface area contributed by atoms with Crippen LogP contribution in [0.3, 0.4) is 0 Å². The van der Waals surface area contributed by atoms with Crippen molar-refractivity contribution in [3.8, 4) is 0 Å². The zero-order valence-corrected chi connectivity index (χ0v) is 14.1. The number of hydrogen-bond acceptors (Lipinski definition) is 3. The molecule has 0 bridgehead atoms. The molecule has 0 spiro atoms. The smallest absolute Gasteiger partial charge is 0.267 e. The monoisotopic (exact) mass is 329 g/mol. The Labute approximate surface area is 140 Å². The van der Waals surface area contributed by atoms with Crippen LogP contribution >= 0.6 is 0 Å². The van der Waals surface area contributed by atoms with Crippen LogP contribution in [0.15, 0.2) is 35.1 Å². The van der Waals surface area contributed by atoms with E-state index in [-0.39, 0.29) is 23.5 Å². The van der Waals surface area contributed by atoms with Gasteiger partial charge in [-0.15, -0.1) is 0 Å². The molecule has 0 unspecified atom stereocenters. The number of likely N-dealkylation sites (tertiary alicyclic amines) is 1. The maximum atomic E-state index is 12.5. The van der Waals surface area contributed by atoms with Crippen molar-refractivity contribution in [3.63, 3.8) is 0 Å². The van der Waals surface area contributed by atoms with Gasteiger partial charge in [0, 0.05) is 31.5 Å². The summed E-state index contributed by atoms with van der Waals surface area (Å²) in [5.74, 6) is -0.0130. The number of carbonyl (C=O) groups excluding carboxylic acids is 1. The van der Waals surface area contributed by atoms with Gasteiger partial charge in [-0.25, -0.2) is 0 Å². The van der Waals surface area contributed by atoms with Crippen molar-refractivity contribution in [2.45, 2.75) is 31.8 Å². The summed E-state index contributed by atoms with van der Waals surface area (Å²) in [4.78, 5) is 26.1. The first kappa shape index (κ1) is 16.5. The molecule has 0 radical (unpaired) electrons. The molecule has 2 aromatic rings. The summed E-state index contributed by atoms with van der Waals surface area (Å²) in [7, 11) is 1.73. The summed E-state index contributed by atoms with van der Waals surface area (Å²) < 4.78 is 5.84. The highest BCUT2D eigenvalue weighted by Gasteiger charge is 2.37. The molecule has 2 heterocycles. The normalized spacial score (nSPS) is 17.0. The van der Waals surface area contributed by atoms with Gasteiger partial charge in [0.2, 0.25) is 5.91 Å². The second-order valence-corrected chi connectivity index (χ2v) is 6.30. The van der Waals surface area contributed by atoms with Crippen molar-refractivity contribution in [1.82, 2.24) is 15.1 Å². The Morgan fingerprint density at radius 3 is 2.42 bits per heavy atom. The molecular formula is C18H23N3O3. The van der Waals surface area contributed by atoms with E-state index in [1.165, 1.54) is 0 Å². The lowest BCUT2D eigenvalue weighted by Crippen LogP contribution is -2.46. The Bertz CT molecular complexity index is 755. The predicted molar refractivity (Wildman–Crippen MR) is 90.8 cm³/mol. The highest BCUT2D eigenvalue weighted by molar-refractivity contribution is 5.79. The summed E-state index contributed by atoms with van der Waals surface area (Å²) in [5, 5.41) is 5.28. The Hall–Kier alpha value is -2.34. The number of H-pyrrole nitrogens is 2. The van der Waals surface area contributed by atoms with E-state index >= 15 is 0 Å². The molecule has 2 N–H and O–H groups in total. The third-order valence-corrected chi connectivity index (χ3v) is 5.03. The van der Waals surface area contributed by atoms with Gasteiger partial charge in [0.1, 0.15) is 0 Å². The van der Waals surface area contributed by atoms with Gasteiger partial charge in [0.05, 0.1) is 12.0 Å². The minimum Gasteiger partial charge on any atom is -0.373 e. The molecule has 1 aromatic carbocycles. The zero-order chi connectivity index (χ0) is 17.2. The highest BCUT2D eigenvalue weighted by atomic mass is 16.5. The number of ether oxygens (including phenoxy) is 1. The lowest BCUT2D eigenvalue weighted by molar-refractivity contribution is -0.136. The van der Waals surface area contributed by atoms with Gasteiger partial charge in [-0.3, -0.25) is 14.7 Å². The van der Waals surface area contributed by atoms with Crippen molar-refractivity contribution in [3.05, 3.63) is 57.5 Å². The first-order chi connectivity index (χ1) is 11.6. The summed E-state index contributed by atoms with van der Waals surface area (Å²) in [5.41, 5.74) is 1.85. The van der Waals surface area contributed by atoms with Crippen molar-refractivity contribution in [2.24, 2.45) is 0 Å². The molecular weight excluding hydrogens is 306 g/mol. The molecule has 1 aliphatic heterocycles. The van der Waals surface area contributed by atoms with Crippen LogP contribution in [-0.2, 0) is 21.6 Å². The van der Waals surface area contributed by atoms with Gasteiger partial charge in [-0.05, 0) is 25.3 Å². The number of nitrogens with zero attached hydrogens (tertiary/aromatic N) is 1. The standard InChI is InChI=1S/C18H23N3O3/c1-13-15(17(23)20-19-13)12-16(22)21-10-8-18(24-2,9-11-21)14-6-4-3-5-7-14/h3-7H,8-12H2,1-2H3,(H2,19,20,23). The molecule has 3 rings (SSSR count). The van der Waals surface area contributed by atoms with Crippen molar-refractivity contribution < 1.29 is 9.53 Å². The van der Waals surface area contributed by atoms with E-state index in [9.17, 15) is 9.59 Å². The zero-order valence-electron chi connectivity index (χ0n) is 14.1. The van der Waals surface area contributed by atoms with E-state index in [0.29, 0.717) is 18.7 Å². The van der Waals surface area contributed by atoms with Crippen molar-refractivity contribution in [2.75, 3.05) is 20.2 Å². The summed E-state index contributed by atoms with van der Waals surface area (Å²) in [6.07, 6.45) is 1.64. The average molecular weight is 329 g/mol. The van der Waals surface area contributed by atoms with E-state index in [1.54, 1.807) is 14.0 Å². The molecule has 1 amide bonds. The summed E-state index contributed by atoms with van der Waals surface area (Å²) in [6, 6.07) is 10.2. The van der Waals surface area contributed by atoms with Crippen molar-refractivity contribution >= 4 is 5.91 Å². The van der Waals surface area contributed by atoms with Crippen LogP contribution in [0.1, 0.15) is 29.7 Å². The second-order valence-electron chi connectivity index (χ2n) is 6.30. The number of piperidine rings is 1. The fourth-order valence-corrected chi connectivity index (χ4v) is 3.42. The maximum absolute atomic E-state index is 12.5. The lowest BCUT2D eigenvalue weighted by Gasteiger charge is -2.41. The van der Waals surface area contributed by atoms with Crippen LogP contribution in [-0.4, -0.2) is 41.2 Å². The lowest BCUT2D eigenvalue weighted by atomic mass is 9.84. The first-order valence-corrected chi connectivity index (χ1v) is 8.20. The third-order valence-electron chi connectivity index (χ3n) is 5.03. The quantitative estimate of drug-likeness (QED) is 0.896. The number of carbonyl (C=O) groups is 1.